The fraction of sp³-hybridized carbons (Fsp3) is 0.450. The first kappa shape index (κ1) is 21.3. The first-order chi connectivity index (χ1) is 15.0. The molecule has 31 heavy (non-hydrogen) atoms. The van der Waals surface area contributed by atoms with Crippen molar-refractivity contribution in [3.8, 4) is 5.69 Å². The summed E-state index contributed by atoms with van der Waals surface area (Å²) in [6.07, 6.45) is 0.516. The number of thioether (sulfide) groups is 1. The van der Waals surface area contributed by atoms with Crippen molar-refractivity contribution in [1.29, 1.82) is 0 Å². The number of aromatic nitrogens is 3. The van der Waals surface area contributed by atoms with Gasteiger partial charge in [0.1, 0.15) is 5.82 Å². The number of hydrogen-bond acceptors (Lipinski definition) is 7. The van der Waals surface area contributed by atoms with Crippen LogP contribution in [-0.2, 0) is 20.7 Å². The molecule has 10 nitrogen and oxygen atoms in total. The molecule has 1 aromatic heterocycles. The third kappa shape index (κ3) is 5.23. The summed E-state index contributed by atoms with van der Waals surface area (Å²) in [4.78, 5) is 37.8. The van der Waals surface area contributed by atoms with Crippen LogP contribution in [0.1, 0.15) is 17.8 Å². The van der Waals surface area contributed by atoms with E-state index < -0.39 is 6.03 Å². The molecule has 2 fully saturated rings. The summed E-state index contributed by atoms with van der Waals surface area (Å²) in [6, 6.07) is 7.01. The van der Waals surface area contributed by atoms with E-state index in [0.29, 0.717) is 43.7 Å². The van der Waals surface area contributed by atoms with Gasteiger partial charge in [-0.3, -0.25) is 19.5 Å². The molecule has 1 aromatic carbocycles. The van der Waals surface area contributed by atoms with E-state index in [1.165, 1.54) is 11.8 Å². The van der Waals surface area contributed by atoms with Gasteiger partial charge >= 0.3 is 6.03 Å². The van der Waals surface area contributed by atoms with E-state index >= 15 is 0 Å². The summed E-state index contributed by atoms with van der Waals surface area (Å²) < 4.78 is 7.20. The van der Waals surface area contributed by atoms with Crippen LogP contribution in [0.4, 0.5) is 4.79 Å². The highest BCUT2D eigenvalue weighted by atomic mass is 32.2. The van der Waals surface area contributed by atoms with Crippen molar-refractivity contribution in [2.24, 2.45) is 0 Å². The maximum Gasteiger partial charge on any atom is 0.321 e. The molecule has 0 aliphatic carbocycles. The molecule has 1 unspecified atom stereocenters. The predicted molar refractivity (Wildman–Crippen MR) is 113 cm³/mol. The van der Waals surface area contributed by atoms with Crippen LogP contribution < -0.4 is 10.6 Å². The molecule has 0 bridgehead atoms. The molecule has 11 heteroatoms. The Morgan fingerprint density at radius 3 is 2.81 bits per heavy atom. The largest absolute Gasteiger partial charge is 0.378 e. The van der Waals surface area contributed by atoms with E-state index in [2.05, 4.69) is 20.8 Å². The van der Waals surface area contributed by atoms with Gasteiger partial charge in [-0.2, -0.15) is 0 Å². The Morgan fingerprint density at radius 2 is 2.06 bits per heavy atom. The van der Waals surface area contributed by atoms with Gasteiger partial charge in [0.15, 0.2) is 5.16 Å². The Hall–Kier alpha value is -2.92. The van der Waals surface area contributed by atoms with Gasteiger partial charge < -0.3 is 15.0 Å². The monoisotopic (exact) mass is 444 g/mol. The molecule has 0 saturated carbocycles. The van der Waals surface area contributed by atoms with Crippen LogP contribution >= 0.6 is 11.8 Å². The minimum absolute atomic E-state index is 0.0323. The molecule has 0 spiro atoms. The standard InChI is InChI=1S/C20H24N6O4S/c1-13-3-2-4-15(9-13)26-16(10-14-11-17(27)22-19(29)21-14)23-24-20(26)31-12-18(28)25-5-7-30-8-6-25/h2-4,9,14H,5-8,10-12H2,1H3,(H2,21,22,27,29). The minimum Gasteiger partial charge on any atom is -0.378 e. The molecule has 0 radical (unpaired) electrons. The van der Waals surface area contributed by atoms with Crippen molar-refractivity contribution in [3.05, 3.63) is 35.7 Å². The number of nitrogens with zero attached hydrogens (tertiary/aromatic N) is 4. The lowest BCUT2D eigenvalue weighted by Crippen LogP contribution is -2.53. The summed E-state index contributed by atoms with van der Waals surface area (Å²) in [5, 5.41) is 14.2. The summed E-state index contributed by atoms with van der Waals surface area (Å²) in [7, 11) is 0. The maximum absolute atomic E-state index is 12.6. The Bertz CT molecular complexity index is 972. The first-order valence-electron chi connectivity index (χ1n) is 10.1. The van der Waals surface area contributed by atoms with E-state index in [9.17, 15) is 14.4 Å². The number of ether oxygens (including phenoxy) is 1. The first-order valence-corrected chi connectivity index (χ1v) is 11.1. The molecule has 164 valence electrons. The molecule has 2 aliphatic heterocycles. The predicted octanol–water partition coefficient (Wildman–Crippen LogP) is 0.667. The maximum atomic E-state index is 12.6. The summed E-state index contributed by atoms with van der Waals surface area (Å²) >= 11 is 1.32. The van der Waals surface area contributed by atoms with Crippen LogP contribution in [0.2, 0.25) is 0 Å². The van der Waals surface area contributed by atoms with E-state index in [1.54, 1.807) is 4.90 Å². The molecule has 3 heterocycles. The molecule has 2 aliphatic rings. The normalized spacial score (nSPS) is 19.1. The van der Waals surface area contributed by atoms with Crippen LogP contribution in [0, 0.1) is 6.92 Å². The number of imide groups is 1. The lowest BCUT2D eigenvalue weighted by Gasteiger charge is -2.26. The fourth-order valence-corrected chi connectivity index (χ4v) is 4.47. The quantitative estimate of drug-likeness (QED) is 0.629. The lowest BCUT2D eigenvalue weighted by molar-refractivity contribution is -0.132. The minimum atomic E-state index is -0.506. The smallest absolute Gasteiger partial charge is 0.321 e. The number of morpholine rings is 1. The second-order valence-electron chi connectivity index (χ2n) is 7.48. The van der Waals surface area contributed by atoms with Crippen molar-refractivity contribution < 1.29 is 19.1 Å². The molecule has 2 aromatic rings. The number of benzene rings is 1. The molecule has 4 rings (SSSR count). The number of nitrogens with one attached hydrogen (secondary N) is 2. The van der Waals surface area contributed by atoms with Crippen LogP contribution in [0.3, 0.4) is 0 Å². The number of hydrogen-bond donors (Lipinski definition) is 2. The van der Waals surface area contributed by atoms with Crippen LogP contribution in [0.15, 0.2) is 29.4 Å². The number of urea groups is 1. The number of rotatable bonds is 6. The van der Waals surface area contributed by atoms with E-state index in [1.807, 2.05) is 35.8 Å². The van der Waals surface area contributed by atoms with Crippen molar-refractivity contribution in [2.75, 3.05) is 32.1 Å². The van der Waals surface area contributed by atoms with Gasteiger partial charge in [0, 0.05) is 37.7 Å². The second kappa shape index (κ2) is 9.48. The van der Waals surface area contributed by atoms with Crippen LogP contribution in [0.25, 0.3) is 5.69 Å². The number of amides is 4. The topological polar surface area (TPSA) is 118 Å². The van der Waals surface area contributed by atoms with Crippen LogP contribution in [-0.4, -0.2) is 75.6 Å². The molecule has 2 saturated heterocycles. The summed E-state index contributed by atoms with van der Waals surface area (Å²) in [5.74, 6) is 0.574. The summed E-state index contributed by atoms with van der Waals surface area (Å²) in [5.41, 5.74) is 1.94. The van der Waals surface area contributed by atoms with Gasteiger partial charge in [0.25, 0.3) is 0 Å². The molecular weight excluding hydrogens is 420 g/mol. The van der Waals surface area contributed by atoms with Gasteiger partial charge in [0.05, 0.1) is 19.0 Å². The SMILES string of the molecule is Cc1cccc(-n2c(CC3CC(=O)NC(=O)N3)nnc2SCC(=O)N2CCOCC2)c1. The van der Waals surface area contributed by atoms with Crippen molar-refractivity contribution in [3.63, 3.8) is 0 Å². The Kier molecular flexibility index (Phi) is 6.52. The third-order valence-electron chi connectivity index (χ3n) is 5.10. The molecular formula is C20H24N6O4S. The summed E-state index contributed by atoms with van der Waals surface area (Å²) in [6.45, 7) is 4.30. The van der Waals surface area contributed by atoms with E-state index in [4.69, 9.17) is 4.74 Å². The van der Waals surface area contributed by atoms with Gasteiger partial charge in [-0.1, -0.05) is 23.9 Å². The fourth-order valence-electron chi connectivity index (χ4n) is 3.60. The highest BCUT2D eigenvalue weighted by Crippen LogP contribution is 2.24. The molecule has 1 atom stereocenters. The van der Waals surface area contributed by atoms with E-state index in [-0.39, 0.29) is 30.0 Å². The highest BCUT2D eigenvalue weighted by Gasteiger charge is 2.27. The van der Waals surface area contributed by atoms with Gasteiger partial charge in [0.2, 0.25) is 11.8 Å². The van der Waals surface area contributed by atoms with Crippen molar-refractivity contribution in [2.45, 2.75) is 31.0 Å². The second-order valence-corrected chi connectivity index (χ2v) is 8.42. The molecule has 4 amide bonds. The van der Waals surface area contributed by atoms with E-state index in [0.717, 1.165) is 11.3 Å². The van der Waals surface area contributed by atoms with Crippen molar-refractivity contribution >= 4 is 29.6 Å². The molecule has 2 N–H and O–H groups in total. The average molecular weight is 445 g/mol. The highest BCUT2D eigenvalue weighted by molar-refractivity contribution is 7.99. The lowest BCUT2D eigenvalue weighted by atomic mass is 10.1. The van der Waals surface area contributed by atoms with Gasteiger partial charge in [-0.15, -0.1) is 10.2 Å². The zero-order chi connectivity index (χ0) is 21.8. The number of carbonyl (C=O) groups excluding carboxylic acids is 3. The van der Waals surface area contributed by atoms with Gasteiger partial charge in [-0.25, -0.2) is 4.79 Å². The third-order valence-corrected chi connectivity index (χ3v) is 6.01. The Morgan fingerprint density at radius 1 is 1.26 bits per heavy atom. The van der Waals surface area contributed by atoms with Crippen LogP contribution in [0.5, 0.6) is 0 Å². The zero-order valence-corrected chi connectivity index (χ0v) is 18.0. The van der Waals surface area contributed by atoms with Gasteiger partial charge in [-0.05, 0) is 24.6 Å². The Labute approximate surface area is 183 Å². The zero-order valence-electron chi connectivity index (χ0n) is 17.2. The van der Waals surface area contributed by atoms with Crippen molar-refractivity contribution in [1.82, 2.24) is 30.3 Å². The average Bonchev–Trinajstić information content (AvgIpc) is 3.14. The number of aryl methyl sites for hydroxylation is 1. The Balaban J connectivity index is 1.55. The number of carbonyl (C=O) groups is 3.